The Bertz CT molecular complexity index is 5230. The molecule has 3 amide bonds. The molecule has 0 N–H and O–H groups in total. The zero-order valence-corrected chi connectivity index (χ0v) is 58.1. The third-order valence-electron chi connectivity index (χ3n) is 18.4. The number of thiophene rings is 1. The number of aromatic nitrogens is 3. The number of ether oxygens (including phenoxy) is 3. The maximum Gasteiger partial charge on any atom is 0.433 e. The van der Waals surface area contributed by atoms with Crippen LogP contribution in [0.15, 0.2) is 186 Å². The first-order valence-electron chi connectivity index (χ1n) is 33.7. The van der Waals surface area contributed by atoms with Crippen molar-refractivity contribution in [2.24, 2.45) is 14.1 Å². The summed E-state index contributed by atoms with van der Waals surface area (Å²) < 4.78 is 30.7. The number of nitro groups is 1. The molecule has 3 aliphatic rings. The summed E-state index contributed by atoms with van der Waals surface area (Å²) in [5, 5.41) is 19.1. The van der Waals surface area contributed by atoms with Gasteiger partial charge in [0.2, 0.25) is 0 Å². The van der Waals surface area contributed by atoms with E-state index in [0.717, 1.165) is 49.6 Å². The normalized spacial score (nSPS) is 13.9. The number of aryl methyl sites for hydroxylation is 2. The van der Waals surface area contributed by atoms with E-state index < -0.39 is 45.7 Å². The minimum absolute atomic E-state index is 0.00958. The van der Waals surface area contributed by atoms with E-state index in [4.69, 9.17) is 23.0 Å². The van der Waals surface area contributed by atoms with Crippen LogP contribution >= 0.6 is 11.3 Å². The number of hydrogen-bond acceptors (Lipinski definition) is 20. The Labute approximate surface area is 593 Å². The Balaban J connectivity index is 0.000000147. The maximum atomic E-state index is 14.1. The maximum absolute atomic E-state index is 14.1. The van der Waals surface area contributed by atoms with Crippen LogP contribution in [0.1, 0.15) is 88.9 Å². The molecule has 0 bridgehead atoms. The lowest BCUT2D eigenvalue weighted by Gasteiger charge is -2.37. The van der Waals surface area contributed by atoms with Crippen molar-refractivity contribution in [3.05, 3.63) is 243 Å². The number of esters is 3. The van der Waals surface area contributed by atoms with Crippen LogP contribution in [-0.4, -0.2) is 167 Å². The first-order valence-corrected chi connectivity index (χ1v) is 34.7. The molecule has 26 nitrogen and oxygen atoms in total. The molecule has 5 aromatic carbocycles. The predicted octanol–water partition coefficient (Wildman–Crippen LogP) is 9.85. The second-order valence-corrected chi connectivity index (χ2v) is 25.2. The first-order chi connectivity index (χ1) is 49.9. The second kappa shape index (κ2) is 31.2. The fourth-order valence-electron chi connectivity index (χ4n) is 13.4. The van der Waals surface area contributed by atoms with Gasteiger partial charge in [0.1, 0.15) is 21.6 Å². The molecule has 27 heteroatoms. The van der Waals surface area contributed by atoms with Crippen molar-refractivity contribution in [2.75, 3.05) is 113 Å². The standard InChI is InChI=1S/C32H29N3O5.C22H22N4O7.C22H23N3O4S/c1-2-39-32(38)28-29(33-15-17-34(18-16-33)30(36)27-12-7-19-40-27)25-10-5-6-11-26(25)35(31(28)37)21-22-13-14-23-8-3-4-9-24(23)20-22;1-3-32-22(29)18-19(14-6-4-5-7-15(14)23(2)21(18)28)24-10-12-25(13-11-24)20(27)16-8-9-17(33-16)26(30)31;1-3-29-22(28)18-19(16-6-4-5-7-17(16)23(2)21(18)27)24-9-11-25(12-10-24)20(26)15-8-13-30-14-15/h3-14,19-20H,2,15-18,21H2,1H3;4-9H,3,10-13H2,1-2H3;4-8,13-14H,3,9-12H2,1-2H3. The van der Waals surface area contributed by atoms with Gasteiger partial charge in [-0.2, -0.15) is 11.3 Å². The number of piperazine rings is 3. The number of para-hydroxylation sites is 3. The third kappa shape index (κ3) is 14.5. The quantitative estimate of drug-likeness (QED) is 0.0399. The van der Waals surface area contributed by atoms with Crippen molar-refractivity contribution >= 4 is 113 Å². The molecule has 11 aromatic rings. The van der Waals surface area contributed by atoms with Gasteiger partial charge in [0.05, 0.1) is 77.9 Å². The number of benzene rings is 5. The Hall–Kier alpha value is -12.1. The summed E-state index contributed by atoms with van der Waals surface area (Å²) >= 11 is 1.50. The van der Waals surface area contributed by atoms with E-state index in [9.17, 15) is 53.3 Å². The molecule has 0 spiro atoms. The van der Waals surface area contributed by atoms with Crippen molar-refractivity contribution in [2.45, 2.75) is 27.3 Å². The number of carbonyl (C=O) groups is 6. The zero-order chi connectivity index (χ0) is 72.6. The number of hydrogen-bond donors (Lipinski definition) is 0. The summed E-state index contributed by atoms with van der Waals surface area (Å²) in [4.78, 5) is 138. The van der Waals surface area contributed by atoms with Gasteiger partial charge in [-0.1, -0.05) is 91.0 Å². The molecule has 530 valence electrons. The largest absolute Gasteiger partial charge is 0.462 e. The van der Waals surface area contributed by atoms with Crippen LogP contribution in [0, 0.1) is 10.1 Å². The van der Waals surface area contributed by atoms with Gasteiger partial charge in [-0.25, -0.2) is 14.4 Å². The van der Waals surface area contributed by atoms with Gasteiger partial charge in [-0.3, -0.25) is 38.9 Å². The van der Waals surface area contributed by atoms with E-state index >= 15 is 0 Å². The number of amides is 3. The minimum atomic E-state index is -0.702. The number of pyridine rings is 3. The first kappa shape index (κ1) is 70.7. The smallest absolute Gasteiger partial charge is 0.433 e. The van der Waals surface area contributed by atoms with Gasteiger partial charge in [-0.05, 0) is 91.0 Å². The monoisotopic (exact) mass is 1410 g/mol. The van der Waals surface area contributed by atoms with Crippen LogP contribution < -0.4 is 31.4 Å². The van der Waals surface area contributed by atoms with E-state index in [-0.39, 0.29) is 72.7 Å². The average Bonchev–Trinajstić information content (AvgIpc) is 1.17. The summed E-state index contributed by atoms with van der Waals surface area (Å²) in [6.07, 6.45) is 1.48. The van der Waals surface area contributed by atoms with Crippen LogP contribution in [0.5, 0.6) is 0 Å². The van der Waals surface area contributed by atoms with Crippen LogP contribution in [0.4, 0.5) is 22.9 Å². The lowest BCUT2D eigenvalue weighted by atomic mass is 10.0. The van der Waals surface area contributed by atoms with Crippen LogP contribution in [0.3, 0.4) is 0 Å². The van der Waals surface area contributed by atoms with Gasteiger partial charge in [0, 0.05) is 114 Å². The molecule has 3 saturated heterocycles. The highest BCUT2D eigenvalue weighted by Crippen LogP contribution is 2.35. The zero-order valence-electron chi connectivity index (χ0n) is 57.3. The highest BCUT2D eigenvalue weighted by Gasteiger charge is 2.35. The summed E-state index contributed by atoms with van der Waals surface area (Å²) in [7, 11) is 3.27. The predicted molar refractivity (Wildman–Crippen MR) is 390 cm³/mol. The molecule has 0 saturated carbocycles. The van der Waals surface area contributed by atoms with Crippen molar-refractivity contribution < 1.29 is 56.7 Å². The SMILES string of the molecule is CCOC(=O)c1c(N2CCN(C(=O)c3ccc([N+](=O)[O-])o3)CC2)c2ccccc2n(C)c1=O.CCOC(=O)c1c(N2CCN(C(=O)c3ccco3)CC2)c2ccccc2n(Cc2ccc3ccccc3c2)c1=O.CCOC(=O)c1c(N2CCN(C(=O)c3ccsc3)CC2)c2ccccc2n(C)c1=O. The molecule has 103 heavy (non-hydrogen) atoms. The summed E-state index contributed by atoms with van der Waals surface area (Å²) in [5.74, 6) is -2.89. The molecular weight excluding hydrogens is 1340 g/mol. The summed E-state index contributed by atoms with van der Waals surface area (Å²) in [6.45, 7) is 11.0. The van der Waals surface area contributed by atoms with Crippen molar-refractivity contribution in [1.82, 2.24) is 28.4 Å². The van der Waals surface area contributed by atoms with E-state index in [2.05, 4.69) is 12.1 Å². The number of anilines is 3. The highest BCUT2D eigenvalue weighted by molar-refractivity contribution is 7.08. The van der Waals surface area contributed by atoms with Gasteiger partial charge in [0.25, 0.3) is 34.4 Å². The molecule has 3 fully saturated rings. The highest BCUT2D eigenvalue weighted by atomic mass is 32.1. The van der Waals surface area contributed by atoms with E-state index in [0.29, 0.717) is 106 Å². The molecule has 3 aliphatic heterocycles. The molecule has 9 heterocycles. The lowest BCUT2D eigenvalue weighted by molar-refractivity contribution is -0.402. The van der Waals surface area contributed by atoms with Crippen LogP contribution in [0.2, 0.25) is 0 Å². The Kier molecular flexibility index (Phi) is 21.4. The number of carbonyl (C=O) groups excluding carboxylic acids is 6. The molecular formula is C76H74N10O16S. The molecule has 14 rings (SSSR count). The van der Waals surface area contributed by atoms with Gasteiger partial charge >= 0.3 is 23.8 Å². The van der Waals surface area contributed by atoms with Crippen molar-refractivity contribution in [3.63, 3.8) is 0 Å². The Morgan fingerprint density at radius 3 is 1.36 bits per heavy atom. The topological polar surface area (TPSA) is 285 Å². The number of nitrogens with zero attached hydrogens (tertiary/aromatic N) is 10. The second-order valence-electron chi connectivity index (χ2n) is 24.4. The van der Waals surface area contributed by atoms with Crippen molar-refractivity contribution in [1.29, 1.82) is 0 Å². The molecule has 0 atom stereocenters. The van der Waals surface area contributed by atoms with E-state index in [1.165, 1.54) is 37.7 Å². The average molecular weight is 1420 g/mol. The van der Waals surface area contributed by atoms with E-state index in [1.807, 2.05) is 133 Å². The summed E-state index contributed by atoms with van der Waals surface area (Å²) in [5.41, 5.74) is 4.24. The summed E-state index contributed by atoms with van der Waals surface area (Å²) in [6, 6.07) is 44.3. The van der Waals surface area contributed by atoms with Crippen molar-refractivity contribution in [3.8, 4) is 0 Å². The van der Waals surface area contributed by atoms with Gasteiger partial charge in [-0.15, -0.1) is 0 Å². The minimum Gasteiger partial charge on any atom is -0.462 e. The number of furan rings is 2. The van der Waals surface area contributed by atoms with Crippen LogP contribution in [-0.2, 0) is 34.9 Å². The van der Waals surface area contributed by atoms with Gasteiger partial charge < -0.3 is 66.1 Å². The molecule has 0 unspecified atom stereocenters. The number of rotatable bonds is 15. The lowest BCUT2D eigenvalue weighted by Crippen LogP contribution is -2.49. The van der Waals surface area contributed by atoms with Crippen LogP contribution in [0.25, 0.3) is 43.5 Å². The Morgan fingerprint density at radius 1 is 0.476 bits per heavy atom. The fraction of sp³-hybridized carbons (Fsp3) is 0.276. The third-order valence-corrected chi connectivity index (χ3v) is 19.1. The van der Waals surface area contributed by atoms with E-state index in [1.54, 1.807) is 62.5 Å². The molecule has 0 radical (unpaired) electrons. The Morgan fingerprint density at radius 2 is 0.913 bits per heavy atom. The molecule has 6 aromatic heterocycles. The molecule has 0 aliphatic carbocycles. The number of fused-ring (bicyclic) bond motifs is 4. The van der Waals surface area contributed by atoms with Gasteiger partial charge in [0.15, 0.2) is 11.5 Å². The fourth-order valence-corrected chi connectivity index (χ4v) is 14.0.